The fraction of sp³-hybridized carbons (Fsp3) is 0.273. The molecule has 2 N–H and O–H groups in total. The van der Waals surface area contributed by atoms with E-state index in [2.05, 4.69) is 10.6 Å². The van der Waals surface area contributed by atoms with Crippen molar-refractivity contribution in [3.05, 3.63) is 29.8 Å². The van der Waals surface area contributed by atoms with Crippen LogP contribution in [-0.2, 0) is 10.8 Å². The van der Waals surface area contributed by atoms with Crippen molar-refractivity contribution in [1.82, 2.24) is 5.32 Å². The topological polar surface area (TPSA) is 82.0 Å². The molecule has 90 valence electrons. The summed E-state index contributed by atoms with van der Waals surface area (Å²) < 4.78 is 10.8. The van der Waals surface area contributed by atoms with Crippen LogP contribution in [0.25, 0.3) is 0 Å². The van der Waals surface area contributed by atoms with Crippen molar-refractivity contribution in [3.8, 4) is 6.07 Å². The second-order valence-corrected chi connectivity index (χ2v) is 4.90. The lowest BCUT2D eigenvalue weighted by molar-refractivity contribution is 0.252. The van der Waals surface area contributed by atoms with E-state index in [4.69, 9.17) is 5.26 Å². The van der Waals surface area contributed by atoms with E-state index in [-0.39, 0.29) is 6.03 Å². The van der Waals surface area contributed by atoms with Crippen molar-refractivity contribution in [1.29, 1.82) is 5.26 Å². The lowest BCUT2D eigenvalue weighted by Crippen LogP contribution is -2.31. The number of anilines is 1. The normalized spacial score (nSPS) is 11.3. The van der Waals surface area contributed by atoms with Crippen LogP contribution in [-0.4, -0.2) is 28.8 Å². The van der Waals surface area contributed by atoms with Gasteiger partial charge in [-0.25, -0.2) is 4.79 Å². The average Bonchev–Trinajstić information content (AvgIpc) is 2.29. The maximum atomic E-state index is 11.4. The summed E-state index contributed by atoms with van der Waals surface area (Å²) in [6, 6.07) is 8.19. The molecule has 0 unspecified atom stereocenters. The van der Waals surface area contributed by atoms with Gasteiger partial charge in [-0.05, 0) is 24.3 Å². The van der Waals surface area contributed by atoms with Gasteiger partial charge in [0.25, 0.3) is 0 Å². The van der Waals surface area contributed by atoms with Crippen LogP contribution in [0.4, 0.5) is 10.5 Å². The first-order valence-electron chi connectivity index (χ1n) is 4.97. The largest absolute Gasteiger partial charge is 0.337 e. The van der Waals surface area contributed by atoms with Gasteiger partial charge in [0.1, 0.15) is 0 Å². The Morgan fingerprint density at radius 1 is 1.41 bits per heavy atom. The zero-order valence-corrected chi connectivity index (χ0v) is 10.2. The summed E-state index contributed by atoms with van der Waals surface area (Å²) in [5, 5.41) is 13.8. The number of amides is 2. The predicted octanol–water partition coefficient (Wildman–Crippen LogP) is 1.06. The predicted molar refractivity (Wildman–Crippen MR) is 67.1 cm³/mol. The monoisotopic (exact) mass is 251 g/mol. The van der Waals surface area contributed by atoms with Gasteiger partial charge in [0.2, 0.25) is 0 Å². The maximum Gasteiger partial charge on any atom is 0.319 e. The van der Waals surface area contributed by atoms with Gasteiger partial charge in [-0.15, -0.1) is 0 Å². The summed E-state index contributed by atoms with van der Waals surface area (Å²) in [5.41, 5.74) is 1.15. The third kappa shape index (κ3) is 5.13. The molecule has 5 nitrogen and oxygen atoms in total. The van der Waals surface area contributed by atoms with Crippen molar-refractivity contribution >= 4 is 22.5 Å². The molecule has 0 aliphatic heterocycles. The molecule has 6 heteroatoms. The van der Waals surface area contributed by atoms with E-state index in [1.807, 2.05) is 6.07 Å². The van der Waals surface area contributed by atoms with Crippen molar-refractivity contribution in [2.75, 3.05) is 23.9 Å². The first kappa shape index (κ1) is 13.2. The zero-order chi connectivity index (χ0) is 12.7. The lowest BCUT2D eigenvalue weighted by atomic mass is 10.2. The van der Waals surface area contributed by atoms with Crippen LogP contribution in [0.1, 0.15) is 5.56 Å². The molecule has 0 saturated carbocycles. The lowest BCUT2D eigenvalue weighted by Gasteiger charge is -2.06. The van der Waals surface area contributed by atoms with E-state index in [0.717, 1.165) is 0 Å². The van der Waals surface area contributed by atoms with Crippen molar-refractivity contribution in [3.63, 3.8) is 0 Å². The van der Waals surface area contributed by atoms with Gasteiger partial charge in [-0.1, -0.05) is 0 Å². The van der Waals surface area contributed by atoms with E-state index >= 15 is 0 Å². The minimum absolute atomic E-state index is 0.347. The Hall–Kier alpha value is -1.87. The van der Waals surface area contributed by atoms with Gasteiger partial charge in [0.05, 0.1) is 11.6 Å². The minimum Gasteiger partial charge on any atom is -0.337 e. The highest BCUT2D eigenvalue weighted by atomic mass is 32.2. The number of benzene rings is 1. The van der Waals surface area contributed by atoms with Crippen molar-refractivity contribution in [2.45, 2.75) is 0 Å². The summed E-state index contributed by atoms with van der Waals surface area (Å²) in [4.78, 5) is 11.4. The van der Waals surface area contributed by atoms with E-state index in [0.29, 0.717) is 23.5 Å². The summed E-state index contributed by atoms with van der Waals surface area (Å²) in [6.45, 7) is 0.366. The molecule has 0 fully saturated rings. The number of carbonyl (C=O) groups is 1. The molecule has 0 bridgehead atoms. The summed E-state index contributed by atoms with van der Waals surface area (Å²) >= 11 is 0. The van der Waals surface area contributed by atoms with Gasteiger partial charge in [0, 0.05) is 35.0 Å². The first-order valence-corrected chi connectivity index (χ1v) is 6.69. The standard InChI is InChI=1S/C11H13N3O2S/c1-17(16)7-6-13-11(15)14-10-4-2-9(8-12)3-5-10/h2-5H,6-7H2,1H3,(H2,13,14,15)/t17-/m0/s1. The molecule has 1 aromatic carbocycles. The zero-order valence-electron chi connectivity index (χ0n) is 9.40. The van der Waals surface area contributed by atoms with Crippen LogP contribution in [0.5, 0.6) is 0 Å². The molecule has 17 heavy (non-hydrogen) atoms. The Morgan fingerprint density at radius 3 is 2.59 bits per heavy atom. The van der Waals surface area contributed by atoms with Crippen molar-refractivity contribution in [2.24, 2.45) is 0 Å². The first-order chi connectivity index (χ1) is 8.11. The van der Waals surface area contributed by atoms with Gasteiger partial charge in [0.15, 0.2) is 0 Å². The highest BCUT2D eigenvalue weighted by Gasteiger charge is 2.01. The van der Waals surface area contributed by atoms with Gasteiger partial charge in [-0.3, -0.25) is 4.21 Å². The number of hydrogen-bond donors (Lipinski definition) is 2. The van der Waals surface area contributed by atoms with Crippen molar-refractivity contribution < 1.29 is 9.00 Å². The number of carbonyl (C=O) groups excluding carboxylic acids is 1. The summed E-state index contributed by atoms with van der Waals surface area (Å²) in [5.74, 6) is 0.431. The molecule has 0 aliphatic carbocycles. The fourth-order valence-corrected chi connectivity index (χ4v) is 1.50. The molecule has 0 heterocycles. The van der Waals surface area contributed by atoms with Gasteiger partial charge >= 0.3 is 6.03 Å². The van der Waals surface area contributed by atoms with Gasteiger partial charge < -0.3 is 10.6 Å². The molecule has 1 atom stereocenters. The number of nitriles is 1. The molecule has 0 spiro atoms. The van der Waals surface area contributed by atoms with Crippen LogP contribution in [0.2, 0.25) is 0 Å². The third-order valence-corrected chi connectivity index (χ3v) is 2.73. The number of hydrogen-bond acceptors (Lipinski definition) is 3. The molecular weight excluding hydrogens is 238 g/mol. The smallest absolute Gasteiger partial charge is 0.319 e. The Morgan fingerprint density at radius 2 is 2.06 bits per heavy atom. The molecule has 1 aromatic rings. The van der Waals surface area contributed by atoms with Crippen LogP contribution >= 0.6 is 0 Å². The molecule has 0 aromatic heterocycles. The second kappa shape index (κ2) is 6.66. The Bertz CT molecular complexity index is 451. The second-order valence-electron chi connectivity index (χ2n) is 3.35. The van der Waals surface area contributed by atoms with Crippen LogP contribution in [0.3, 0.4) is 0 Å². The number of nitrogens with zero attached hydrogens (tertiary/aromatic N) is 1. The Balaban J connectivity index is 2.40. The Kier molecular flexibility index (Phi) is 5.17. The molecule has 0 saturated heterocycles. The molecule has 2 amide bonds. The van der Waals surface area contributed by atoms with E-state index in [9.17, 15) is 9.00 Å². The molecule has 0 radical (unpaired) electrons. The van der Waals surface area contributed by atoms with E-state index in [1.165, 1.54) is 0 Å². The molecule has 0 aliphatic rings. The quantitative estimate of drug-likeness (QED) is 0.839. The highest BCUT2D eigenvalue weighted by Crippen LogP contribution is 2.08. The van der Waals surface area contributed by atoms with Gasteiger partial charge in [-0.2, -0.15) is 5.26 Å². The number of urea groups is 1. The number of nitrogens with one attached hydrogen (secondary N) is 2. The summed E-state index contributed by atoms with van der Waals surface area (Å²) in [7, 11) is -0.911. The molecular formula is C11H13N3O2S. The SMILES string of the molecule is C[S@](=O)CCNC(=O)Nc1ccc(C#N)cc1. The van der Waals surface area contributed by atoms with Crippen LogP contribution in [0.15, 0.2) is 24.3 Å². The third-order valence-electron chi connectivity index (χ3n) is 1.95. The highest BCUT2D eigenvalue weighted by molar-refractivity contribution is 7.84. The average molecular weight is 251 g/mol. The van der Waals surface area contributed by atoms with E-state index in [1.54, 1.807) is 30.5 Å². The van der Waals surface area contributed by atoms with Crippen LogP contribution < -0.4 is 10.6 Å². The minimum atomic E-state index is -0.911. The maximum absolute atomic E-state index is 11.4. The fourth-order valence-electron chi connectivity index (χ4n) is 1.11. The molecule has 1 rings (SSSR count). The summed E-state index contributed by atoms with van der Waals surface area (Å²) in [6.07, 6.45) is 1.58. The van der Waals surface area contributed by atoms with E-state index < -0.39 is 10.8 Å². The number of rotatable bonds is 4. The van der Waals surface area contributed by atoms with Crippen LogP contribution in [0, 0.1) is 11.3 Å². The Labute approximate surface area is 102 Å².